The Bertz CT molecular complexity index is 175. The number of halogens is 1. The molecule has 11 heavy (non-hydrogen) atoms. The summed E-state index contributed by atoms with van der Waals surface area (Å²) in [5.74, 6) is 0.602. The van der Waals surface area contributed by atoms with Gasteiger partial charge in [0, 0.05) is 5.88 Å². The minimum Gasteiger partial charge on any atom is -0.122 e. The molecule has 0 aliphatic carbocycles. The highest BCUT2D eigenvalue weighted by molar-refractivity contribution is 6.19. The summed E-state index contributed by atoms with van der Waals surface area (Å²) in [6, 6.07) is 0. The van der Waals surface area contributed by atoms with Crippen LogP contribution >= 0.6 is 11.6 Å². The number of hydrogen-bond donors (Lipinski definition) is 0. The van der Waals surface area contributed by atoms with E-state index in [4.69, 9.17) is 11.6 Å². The fourth-order valence-electron chi connectivity index (χ4n) is 0.624. The van der Waals surface area contributed by atoms with E-state index in [-0.39, 0.29) is 0 Å². The Hall–Kier alpha value is -0.490. The van der Waals surface area contributed by atoms with Gasteiger partial charge in [-0.1, -0.05) is 37.3 Å². The smallest absolute Gasteiger partial charge is 0.0433 e. The Labute approximate surface area is 74.3 Å². The molecule has 0 rings (SSSR count). The molecule has 0 heterocycles. The number of hydrogen-bond acceptors (Lipinski definition) is 0. The predicted molar refractivity (Wildman–Crippen MR) is 53.0 cm³/mol. The predicted octanol–water partition coefficient (Wildman–Crippen LogP) is 3.69. The standard InChI is InChI=1S/C10H15Cl/c1-4-10(5-2)7-6-9(3)8-11/h4,6-7H,1,5,8H2,2-3H3/b9-6+,10-7+. The molecule has 0 spiro atoms. The van der Waals surface area contributed by atoms with Crippen molar-refractivity contribution >= 4 is 11.6 Å². The molecular formula is C10H15Cl. The molecule has 0 atom stereocenters. The molecule has 0 aromatic heterocycles. The first-order valence-corrected chi connectivity index (χ1v) is 4.32. The third-order valence-electron chi connectivity index (χ3n) is 1.46. The highest BCUT2D eigenvalue weighted by Gasteiger charge is 1.84. The van der Waals surface area contributed by atoms with Gasteiger partial charge < -0.3 is 0 Å². The van der Waals surface area contributed by atoms with Crippen LogP contribution in [0.15, 0.2) is 36.0 Å². The van der Waals surface area contributed by atoms with Gasteiger partial charge in [0.2, 0.25) is 0 Å². The van der Waals surface area contributed by atoms with Gasteiger partial charge in [-0.3, -0.25) is 0 Å². The Morgan fingerprint density at radius 2 is 2.09 bits per heavy atom. The van der Waals surface area contributed by atoms with E-state index in [0.717, 1.165) is 6.42 Å². The van der Waals surface area contributed by atoms with Crippen LogP contribution < -0.4 is 0 Å². The first kappa shape index (κ1) is 10.5. The zero-order valence-corrected chi connectivity index (χ0v) is 7.99. The van der Waals surface area contributed by atoms with Crippen molar-refractivity contribution in [1.29, 1.82) is 0 Å². The summed E-state index contributed by atoms with van der Waals surface area (Å²) in [6.45, 7) is 7.83. The summed E-state index contributed by atoms with van der Waals surface area (Å²) in [7, 11) is 0. The van der Waals surface area contributed by atoms with E-state index < -0.39 is 0 Å². The van der Waals surface area contributed by atoms with Gasteiger partial charge in [-0.15, -0.1) is 11.6 Å². The largest absolute Gasteiger partial charge is 0.122 e. The Morgan fingerprint density at radius 1 is 1.45 bits per heavy atom. The summed E-state index contributed by atoms with van der Waals surface area (Å²) in [4.78, 5) is 0. The van der Waals surface area contributed by atoms with Gasteiger partial charge in [-0.05, 0) is 18.9 Å². The maximum absolute atomic E-state index is 5.60. The van der Waals surface area contributed by atoms with Crippen LogP contribution in [0.4, 0.5) is 0 Å². The van der Waals surface area contributed by atoms with Crippen molar-refractivity contribution < 1.29 is 0 Å². The van der Waals surface area contributed by atoms with E-state index in [1.54, 1.807) is 0 Å². The van der Waals surface area contributed by atoms with Crippen LogP contribution in [-0.4, -0.2) is 5.88 Å². The van der Waals surface area contributed by atoms with Gasteiger partial charge in [0.15, 0.2) is 0 Å². The van der Waals surface area contributed by atoms with Crippen LogP contribution in [0.1, 0.15) is 20.3 Å². The average molecular weight is 171 g/mol. The van der Waals surface area contributed by atoms with Crippen LogP contribution in [0.2, 0.25) is 0 Å². The molecule has 1 heteroatoms. The molecule has 0 fully saturated rings. The van der Waals surface area contributed by atoms with Gasteiger partial charge in [0.1, 0.15) is 0 Å². The van der Waals surface area contributed by atoms with Crippen LogP contribution in [0.5, 0.6) is 0 Å². The van der Waals surface area contributed by atoms with Crippen LogP contribution in [-0.2, 0) is 0 Å². The molecule has 0 saturated heterocycles. The minimum atomic E-state index is 0.602. The third-order valence-corrected chi connectivity index (χ3v) is 1.88. The molecule has 0 unspecified atom stereocenters. The Morgan fingerprint density at radius 3 is 2.45 bits per heavy atom. The van der Waals surface area contributed by atoms with E-state index in [2.05, 4.69) is 19.6 Å². The monoisotopic (exact) mass is 170 g/mol. The number of allylic oxidation sites excluding steroid dienone is 5. The van der Waals surface area contributed by atoms with Gasteiger partial charge in [0.05, 0.1) is 0 Å². The average Bonchev–Trinajstić information content (AvgIpc) is 2.06. The van der Waals surface area contributed by atoms with Gasteiger partial charge in [-0.25, -0.2) is 0 Å². The molecule has 0 aliphatic rings. The van der Waals surface area contributed by atoms with E-state index in [0.29, 0.717) is 5.88 Å². The van der Waals surface area contributed by atoms with Crippen molar-refractivity contribution in [2.45, 2.75) is 20.3 Å². The number of rotatable bonds is 4. The SMILES string of the molecule is C=C/C(=C\C=C(/C)CCl)CC. The van der Waals surface area contributed by atoms with Crippen molar-refractivity contribution in [2.24, 2.45) is 0 Å². The van der Waals surface area contributed by atoms with E-state index in [9.17, 15) is 0 Å². The molecule has 0 amide bonds. The van der Waals surface area contributed by atoms with Crippen LogP contribution in [0.3, 0.4) is 0 Å². The lowest BCUT2D eigenvalue weighted by atomic mass is 10.1. The van der Waals surface area contributed by atoms with Gasteiger partial charge in [-0.2, -0.15) is 0 Å². The maximum atomic E-state index is 5.60. The first-order valence-electron chi connectivity index (χ1n) is 3.79. The molecule has 0 nitrogen and oxygen atoms in total. The summed E-state index contributed by atoms with van der Waals surface area (Å²) < 4.78 is 0. The lowest BCUT2D eigenvalue weighted by molar-refractivity contribution is 1.15. The normalized spacial score (nSPS) is 13.4. The van der Waals surface area contributed by atoms with E-state index >= 15 is 0 Å². The summed E-state index contributed by atoms with van der Waals surface area (Å²) in [5, 5.41) is 0. The fourth-order valence-corrected chi connectivity index (χ4v) is 0.713. The molecule has 0 bridgehead atoms. The Balaban J connectivity index is 4.17. The minimum absolute atomic E-state index is 0.602. The quantitative estimate of drug-likeness (QED) is 0.446. The second kappa shape index (κ2) is 6.23. The van der Waals surface area contributed by atoms with Crippen molar-refractivity contribution in [3.63, 3.8) is 0 Å². The summed E-state index contributed by atoms with van der Waals surface area (Å²) >= 11 is 5.60. The first-order chi connectivity index (χ1) is 5.24. The van der Waals surface area contributed by atoms with Gasteiger partial charge >= 0.3 is 0 Å². The second-order valence-corrected chi connectivity index (χ2v) is 2.71. The zero-order chi connectivity index (χ0) is 8.69. The summed E-state index contributed by atoms with van der Waals surface area (Å²) in [5.41, 5.74) is 2.42. The zero-order valence-electron chi connectivity index (χ0n) is 7.23. The topological polar surface area (TPSA) is 0 Å². The lowest BCUT2D eigenvalue weighted by Gasteiger charge is -1.93. The Kier molecular flexibility index (Phi) is 5.96. The molecule has 0 radical (unpaired) electrons. The molecule has 0 aliphatic heterocycles. The summed E-state index contributed by atoms with van der Waals surface area (Å²) in [6.07, 6.45) is 6.99. The van der Waals surface area contributed by atoms with Gasteiger partial charge in [0.25, 0.3) is 0 Å². The fraction of sp³-hybridized carbons (Fsp3) is 0.400. The molecule has 0 N–H and O–H groups in total. The molecule has 0 aromatic carbocycles. The molecule has 0 saturated carbocycles. The van der Waals surface area contributed by atoms with Crippen molar-refractivity contribution in [2.75, 3.05) is 5.88 Å². The van der Waals surface area contributed by atoms with Crippen molar-refractivity contribution in [3.8, 4) is 0 Å². The third kappa shape index (κ3) is 4.86. The number of alkyl halides is 1. The highest BCUT2D eigenvalue weighted by atomic mass is 35.5. The molecule has 62 valence electrons. The van der Waals surface area contributed by atoms with E-state index in [1.165, 1.54) is 11.1 Å². The molecule has 0 aromatic rings. The highest BCUT2D eigenvalue weighted by Crippen LogP contribution is 2.03. The van der Waals surface area contributed by atoms with Crippen molar-refractivity contribution in [1.82, 2.24) is 0 Å². The van der Waals surface area contributed by atoms with Crippen molar-refractivity contribution in [3.05, 3.63) is 36.0 Å². The van der Waals surface area contributed by atoms with Crippen LogP contribution in [0.25, 0.3) is 0 Å². The maximum Gasteiger partial charge on any atom is 0.0433 e. The van der Waals surface area contributed by atoms with E-state index in [1.807, 2.05) is 19.1 Å². The lowest BCUT2D eigenvalue weighted by Crippen LogP contribution is -1.76. The molecular weight excluding hydrogens is 156 g/mol. The second-order valence-electron chi connectivity index (χ2n) is 2.45. The van der Waals surface area contributed by atoms with Crippen LogP contribution in [0, 0.1) is 0 Å².